The number of carbonyl (C=O) groups excluding carboxylic acids is 4. The quantitative estimate of drug-likeness (QED) is 0.462. The third-order valence-electron chi connectivity index (χ3n) is 5.02. The fourth-order valence-electron chi connectivity index (χ4n) is 3.31. The molecule has 1 fully saturated rings. The van der Waals surface area contributed by atoms with Gasteiger partial charge >= 0.3 is 0 Å². The molecule has 0 saturated carbocycles. The molecule has 0 bridgehead atoms. The Hall–Kier alpha value is -2.62. The van der Waals surface area contributed by atoms with Crippen LogP contribution in [0.15, 0.2) is 18.2 Å². The van der Waals surface area contributed by atoms with Gasteiger partial charge in [-0.1, -0.05) is 12.1 Å². The van der Waals surface area contributed by atoms with E-state index < -0.39 is 35.7 Å². The minimum absolute atomic E-state index is 0.0782. The maximum Gasteiger partial charge on any atom is 0.262 e. The van der Waals surface area contributed by atoms with Crippen molar-refractivity contribution in [3.05, 3.63) is 34.9 Å². The Bertz CT molecular complexity index is 809. The highest BCUT2D eigenvalue weighted by molar-refractivity contribution is 6.24. The molecule has 2 aliphatic heterocycles. The number of hydrogen-bond donors (Lipinski definition) is 4. The summed E-state index contributed by atoms with van der Waals surface area (Å²) in [4.78, 5) is 50.1. The molecule has 1 aromatic carbocycles. The van der Waals surface area contributed by atoms with Crippen LogP contribution in [0.5, 0.6) is 0 Å². The highest BCUT2D eigenvalue weighted by Gasteiger charge is 2.45. The molecule has 0 aliphatic carbocycles. The number of nitrogens with zero attached hydrogens (tertiary/aromatic N) is 1. The van der Waals surface area contributed by atoms with Gasteiger partial charge in [0, 0.05) is 25.0 Å². The van der Waals surface area contributed by atoms with Crippen LogP contribution in [0, 0.1) is 0 Å². The number of fused-ring (bicyclic) bond motifs is 1. The third kappa shape index (κ3) is 3.48. The van der Waals surface area contributed by atoms with Crippen LogP contribution in [0.1, 0.15) is 46.0 Å². The molecular weight excluding hydrogens is 352 g/mol. The number of hydrogen-bond acceptors (Lipinski definition) is 7. The van der Waals surface area contributed by atoms with Gasteiger partial charge in [-0.2, -0.15) is 0 Å². The van der Waals surface area contributed by atoms with Crippen molar-refractivity contribution < 1.29 is 24.3 Å². The molecule has 0 aromatic heterocycles. The molecular formula is C18H22N4O5. The third-order valence-corrected chi connectivity index (χ3v) is 5.02. The summed E-state index contributed by atoms with van der Waals surface area (Å²) in [6.45, 7) is 1.91. The van der Waals surface area contributed by atoms with E-state index in [1.807, 2.05) is 6.92 Å². The summed E-state index contributed by atoms with van der Waals surface area (Å²) in [5, 5.41) is 14.4. The van der Waals surface area contributed by atoms with Gasteiger partial charge in [-0.3, -0.25) is 29.4 Å². The second kappa shape index (κ2) is 7.55. The number of nitrogens with two attached hydrogens (primary N) is 1. The van der Waals surface area contributed by atoms with Gasteiger partial charge in [-0.15, -0.1) is 0 Å². The highest BCUT2D eigenvalue weighted by Crippen LogP contribution is 2.29. The van der Waals surface area contributed by atoms with Crippen molar-refractivity contribution in [2.75, 3.05) is 6.61 Å². The summed E-state index contributed by atoms with van der Waals surface area (Å²) >= 11 is 0. The molecule has 3 rings (SSSR count). The first-order chi connectivity index (χ1) is 12.8. The maximum atomic E-state index is 12.9. The fraction of sp³-hybridized carbons (Fsp3) is 0.444. The van der Waals surface area contributed by atoms with Gasteiger partial charge in [0.2, 0.25) is 11.8 Å². The number of aliphatic hydroxyl groups excluding tert-OH is 1. The topological polar surface area (TPSA) is 142 Å². The monoisotopic (exact) mass is 374 g/mol. The lowest BCUT2D eigenvalue weighted by Crippen LogP contribution is -2.54. The normalized spacial score (nSPS) is 21.9. The second-order valence-electron chi connectivity index (χ2n) is 6.80. The molecule has 27 heavy (non-hydrogen) atoms. The van der Waals surface area contributed by atoms with Crippen molar-refractivity contribution >= 4 is 23.6 Å². The molecule has 1 aromatic rings. The number of carbonyl (C=O) groups is 4. The molecule has 1 saturated heterocycles. The standard InChI is InChI=1S/C18H22N4O5/c1-9(12(19)8-23)20-7-10-3-2-4-11-15(10)18(27)22(17(11)26)13-5-6-14(24)21-16(13)25/h2-4,9,12-13,20,23H,5-8,19H2,1H3,(H,21,24,25)/t9-,12-,13?/m1/s1. The van der Waals surface area contributed by atoms with E-state index in [1.54, 1.807) is 18.2 Å². The van der Waals surface area contributed by atoms with Crippen LogP contribution in [-0.4, -0.2) is 58.4 Å². The fourth-order valence-corrected chi connectivity index (χ4v) is 3.31. The molecule has 9 nitrogen and oxygen atoms in total. The van der Waals surface area contributed by atoms with Crippen LogP contribution in [0.2, 0.25) is 0 Å². The molecule has 3 atom stereocenters. The lowest BCUT2D eigenvalue weighted by Gasteiger charge is -2.27. The smallest absolute Gasteiger partial charge is 0.262 e. The van der Waals surface area contributed by atoms with Gasteiger partial charge in [-0.25, -0.2) is 0 Å². The lowest BCUT2D eigenvalue weighted by atomic mass is 10.0. The summed E-state index contributed by atoms with van der Waals surface area (Å²) < 4.78 is 0. The minimum atomic E-state index is -0.988. The molecule has 2 aliphatic rings. The number of aliphatic hydroxyl groups is 1. The zero-order chi connectivity index (χ0) is 19.7. The minimum Gasteiger partial charge on any atom is -0.395 e. The summed E-state index contributed by atoms with van der Waals surface area (Å²) in [5.74, 6) is -2.12. The van der Waals surface area contributed by atoms with E-state index in [9.17, 15) is 19.2 Å². The molecule has 9 heteroatoms. The summed E-state index contributed by atoms with van der Waals surface area (Å²) in [6.07, 6.45) is 0.195. The van der Waals surface area contributed by atoms with E-state index >= 15 is 0 Å². The molecule has 0 spiro atoms. The van der Waals surface area contributed by atoms with Crippen LogP contribution in [0.25, 0.3) is 0 Å². The van der Waals surface area contributed by atoms with Gasteiger partial charge < -0.3 is 16.2 Å². The van der Waals surface area contributed by atoms with Gasteiger partial charge in [0.15, 0.2) is 0 Å². The van der Waals surface area contributed by atoms with Gasteiger partial charge in [0.05, 0.1) is 17.7 Å². The number of nitrogens with one attached hydrogen (secondary N) is 2. The van der Waals surface area contributed by atoms with E-state index in [4.69, 9.17) is 10.8 Å². The van der Waals surface area contributed by atoms with E-state index in [0.29, 0.717) is 5.56 Å². The predicted molar refractivity (Wildman–Crippen MR) is 94.5 cm³/mol. The van der Waals surface area contributed by atoms with Gasteiger partial charge in [0.1, 0.15) is 6.04 Å². The number of imide groups is 2. The number of piperidine rings is 1. The van der Waals surface area contributed by atoms with Crippen molar-refractivity contribution in [1.29, 1.82) is 0 Å². The summed E-state index contributed by atoms with van der Waals surface area (Å²) in [7, 11) is 0. The first-order valence-electron chi connectivity index (χ1n) is 8.78. The van der Waals surface area contributed by atoms with Gasteiger partial charge in [0.25, 0.3) is 11.8 Å². The van der Waals surface area contributed by atoms with Crippen molar-refractivity contribution in [3.63, 3.8) is 0 Å². The van der Waals surface area contributed by atoms with Crippen LogP contribution in [0.4, 0.5) is 0 Å². The number of rotatable bonds is 6. The largest absolute Gasteiger partial charge is 0.395 e. The first-order valence-corrected chi connectivity index (χ1v) is 8.78. The molecule has 4 amide bonds. The van der Waals surface area contributed by atoms with Gasteiger partial charge in [-0.05, 0) is 25.0 Å². The number of benzene rings is 1. The molecule has 5 N–H and O–H groups in total. The average Bonchev–Trinajstić information content (AvgIpc) is 2.90. The van der Waals surface area contributed by atoms with Crippen LogP contribution < -0.4 is 16.4 Å². The Morgan fingerprint density at radius 2 is 2.04 bits per heavy atom. The summed E-state index contributed by atoms with van der Waals surface area (Å²) in [5.41, 5.74) is 6.88. The SMILES string of the molecule is C[C@@H](NCc1cccc2c1C(=O)N(C1CCC(=O)NC1=O)C2=O)[C@H](N)CO. The zero-order valence-electron chi connectivity index (χ0n) is 14.9. The van der Waals surface area contributed by atoms with E-state index in [2.05, 4.69) is 10.6 Å². The van der Waals surface area contributed by atoms with Crippen molar-refractivity contribution in [2.24, 2.45) is 5.73 Å². The van der Waals surface area contributed by atoms with E-state index in [-0.39, 0.29) is 43.2 Å². The van der Waals surface area contributed by atoms with Crippen molar-refractivity contribution in [3.8, 4) is 0 Å². The Morgan fingerprint density at radius 3 is 2.70 bits per heavy atom. The predicted octanol–water partition coefficient (Wildman–Crippen LogP) is -1.11. The van der Waals surface area contributed by atoms with E-state index in [0.717, 1.165) is 4.90 Å². The Kier molecular flexibility index (Phi) is 5.36. The lowest BCUT2D eigenvalue weighted by molar-refractivity contribution is -0.136. The van der Waals surface area contributed by atoms with Crippen LogP contribution in [-0.2, 0) is 16.1 Å². The summed E-state index contributed by atoms with van der Waals surface area (Å²) in [6, 6.07) is 3.29. The Balaban J connectivity index is 1.84. The Morgan fingerprint density at radius 1 is 1.30 bits per heavy atom. The van der Waals surface area contributed by atoms with Crippen molar-refractivity contribution in [1.82, 2.24) is 15.5 Å². The zero-order valence-corrected chi connectivity index (χ0v) is 14.9. The Labute approximate surface area is 155 Å². The molecule has 0 radical (unpaired) electrons. The van der Waals surface area contributed by atoms with Crippen LogP contribution >= 0.6 is 0 Å². The molecule has 144 valence electrons. The maximum absolute atomic E-state index is 12.9. The number of amides is 4. The first kappa shape index (κ1) is 19.2. The molecule has 1 unspecified atom stereocenters. The average molecular weight is 374 g/mol. The van der Waals surface area contributed by atoms with Crippen molar-refractivity contribution in [2.45, 2.75) is 44.4 Å². The highest BCUT2D eigenvalue weighted by atomic mass is 16.3. The molecule has 2 heterocycles. The second-order valence-corrected chi connectivity index (χ2v) is 6.80. The van der Waals surface area contributed by atoms with Crippen LogP contribution in [0.3, 0.4) is 0 Å². The van der Waals surface area contributed by atoms with E-state index in [1.165, 1.54) is 0 Å².